The summed E-state index contributed by atoms with van der Waals surface area (Å²) in [6.07, 6.45) is 0. The highest BCUT2D eigenvalue weighted by atomic mass is 16.5. The van der Waals surface area contributed by atoms with Gasteiger partial charge in [-0.2, -0.15) is 0 Å². The molecule has 0 aromatic heterocycles. The van der Waals surface area contributed by atoms with Crippen LogP contribution in [0.25, 0.3) is 0 Å². The molecule has 0 aliphatic rings. The van der Waals surface area contributed by atoms with E-state index in [0.717, 1.165) is 14.2 Å². The molecule has 0 fully saturated rings. The molecule has 0 saturated carbocycles. The number of benzene rings is 2. The molecule has 8 nitrogen and oxygen atoms in total. The highest BCUT2D eigenvalue weighted by Gasteiger charge is 2.45. The molecule has 32 heavy (non-hydrogen) atoms. The first-order chi connectivity index (χ1) is 15.2. The Morgan fingerprint density at radius 2 is 1.25 bits per heavy atom. The topological polar surface area (TPSA) is 119 Å². The minimum atomic E-state index is -1.56. The average molecular weight is 441 g/mol. The number of carbonyl (C=O) groups excluding carboxylic acids is 3. The van der Waals surface area contributed by atoms with Crippen LogP contribution in [0.5, 0.6) is 0 Å². The predicted octanol–water partition coefficient (Wildman–Crippen LogP) is 2.16. The van der Waals surface area contributed by atoms with E-state index in [0.29, 0.717) is 11.1 Å². The molecule has 2 rings (SSSR count). The van der Waals surface area contributed by atoms with Crippen molar-refractivity contribution in [3.05, 3.63) is 71.8 Å². The third-order valence-electron chi connectivity index (χ3n) is 5.67. The summed E-state index contributed by atoms with van der Waals surface area (Å²) >= 11 is 0. The number of carboxylic acids is 1. The highest BCUT2D eigenvalue weighted by molar-refractivity contribution is 5.97. The fraction of sp³-hybridized carbons (Fsp3) is 0.333. The van der Waals surface area contributed by atoms with E-state index in [-0.39, 0.29) is 0 Å². The minimum absolute atomic E-state index is 0.595. The van der Waals surface area contributed by atoms with Gasteiger partial charge in [0, 0.05) is 5.92 Å². The second kappa shape index (κ2) is 10.6. The lowest BCUT2D eigenvalue weighted by atomic mass is 9.75. The van der Waals surface area contributed by atoms with Crippen LogP contribution in [0.15, 0.2) is 60.7 Å². The van der Waals surface area contributed by atoms with Gasteiger partial charge in [0.05, 0.1) is 19.6 Å². The van der Waals surface area contributed by atoms with Gasteiger partial charge >= 0.3 is 17.9 Å². The van der Waals surface area contributed by atoms with Gasteiger partial charge in [-0.1, -0.05) is 67.6 Å². The van der Waals surface area contributed by atoms with E-state index in [1.54, 1.807) is 55.5 Å². The zero-order valence-electron chi connectivity index (χ0n) is 18.4. The highest BCUT2D eigenvalue weighted by Crippen LogP contribution is 2.33. The van der Waals surface area contributed by atoms with E-state index in [4.69, 9.17) is 0 Å². The molecule has 0 saturated heterocycles. The summed E-state index contributed by atoms with van der Waals surface area (Å²) in [7, 11) is 2.17. The van der Waals surface area contributed by atoms with Crippen LogP contribution in [-0.4, -0.2) is 49.2 Å². The zero-order valence-corrected chi connectivity index (χ0v) is 18.4. The molecular formula is C24H27NO7. The molecule has 0 unspecified atom stereocenters. The van der Waals surface area contributed by atoms with E-state index in [1.807, 2.05) is 12.1 Å². The van der Waals surface area contributed by atoms with Gasteiger partial charge in [-0.3, -0.25) is 14.4 Å². The molecule has 2 aromatic rings. The fourth-order valence-electron chi connectivity index (χ4n) is 3.65. The van der Waals surface area contributed by atoms with Crippen molar-refractivity contribution < 1.29 is 33.8 Å². The van der Waals surface area contributed by atoms with Gasteiger partial charge in [0.1, 0.15) is 6.04 Å². The average Bonchev–Trinajstić information content (AvgIpc) is 2.82. The zero-order chi connectivity index (χ0) is 23.9. The fourth-order valence-corrected chi connectivity index (χ4v) is 3.65. The molecular weight excluding hydrogens is 414 g/mol. The first kappa shape index (κ1) is 24.6. The van der Waals surface area contributed by atoms with E-state index in [1.165, 1.54) is 6.92 Å². The first-order valence-corrected chi connectivity index (χ1v) is 9.98. The number of rotatable bonds is 9. The van der Waals surface area contributed by atoms with Crippen LogP contribution >= 0.6 is 0 Å². The Morgan fingerprint density at radius 1 is 0.844 bits per heavy atom. The third-order valence-corrected chi connectivity index (χ3v) is 5.67. The van der Waals surface area contributed by atoms with Crippen molar-refractivity contribution in [2.75, 3.05) is 14.2 Å². The molecule has 0 bridgehead atoms. The molecule has 0 radical (unpaired) electrons. The maximum Gasteiger partial charge on any atom is 0.326 e. The van der Waals surface area contributed by atoms with Crippen molar-refractivity contribution in [1.29, 1.82) is 0 Å². The molecule has 8 heteroatoms. The standard InChI is InChI=1S/C24H27NO7/c1-15(18(21(28)31-3)22(29)32-4)19(20(26)27)25-23(30)24(2,16-11-7-5-8-12-16)17-13-9-6-10-14-17/h5-15,18-19H,1-4H3,(H,25,30)(H,26,27)/t15-,19-/m0/s1. The Balaban J connectivity index is 2.48. The Morgan fingerprint density at radius 3 is 1.59 bits per heavy atom. The van der Waals surface area contributed by atoms with Gasteiger partial charge < -0.3 is 19.9 Å². The summed E-state index contributed by atoms with van der Waals surface area (Å²) in [5.41, 5.74) is 0.0677. The Labute approximate surface area is 186 Å². The lowest BCUT2D eigenvalue weighted by molar-refractivity contribution is -0.163. The van der Waals surface area contributed by atoms with Gasteiger partial charge in [0.15, 0.2) is 5.92 Å². The maximum absolute atomic E-state index is 13.6. The second-order valence-electron chi connectivity index (χ2n) is 7.53. The Hall–Kier alpha value is -3.68. The Bertz CT molecular complexity index is 903. The molecule has 0 spiro atoms. The minimum Gasteiger partial charge on any atom is -0.480 e. The van der Waals surface area contributed by atoms with Crippen molar-refractivity contribution in [2.45, 2.75) is 25.3 Å². The summed E-state index contributed by atoms with van der Waals surface area (Å²) in [5.74, 6) is -6.55. The lowest BCUT2D eigenvalue weighted by Gasteiger charge is -2.33. The molecule has 2 N–H and O–H groups in total. The smallest absolute Gasteiger partial charge is 0.326 e. The molecule has 1 amide bonds. The number of nitrogens with one attached hydrogen (secondary N) is 1. The van der Waals surface area contributed by atoms with Gasteiger partial charge in [-0.05, 0) is 18.1 Å². The predicted molar refractivity (Wildman–Crippen MR) is 116 cm³/mol. The van der Waals surface area contributed by atoms with E-state index >= 15 is 0 Å². The van der Waals surface area contributed by atoms with Crippen molar-refractivity contribution in [3.63, 3.8) is 0 Å². The monoisotopic (exact) mass is 441 g/mol. The molecule has 0 aliphatic heterocycles. The summed E-state index contributed by atoms with van der Waals surface area (Å²) < 4.78 is 9.30. The number of methoxy groups -OCH3 is 2. The molecule has 170 valence electrons. The van der Waals surface area contributed by atoms with Crippen molar-refractivity contribution in [3.8, 4) is 0 Å². The number of aliphatic carboxylic acids is 1. The van der Waals surface area contributed by atoms with Crippen molar-refractivity contribution in [2.24, 2.45) is 11.8 Å². The Kier molecular flexibility index (Phi) is 8.12. The van der Waals surface area contributed by atoms with Crippen molar-refractivity contribution in [1.82, 2.24) is 5.32 Å². The molecule has 0 heterocycles. The third kappa shape index (κ3) is 4.96. The van der Waals surface area contributed by atoms with Crippen LogP contribution in [0, 0.1) is 11.8 Å². The van der Waals surface area contributed by atoms with Crippen LogP contribution in [0.4, 0.5) is 0 Å². The van der Waals surface area contributed by atoms with Crippen LogP contribution in [0.2, 0.25) is 0 Å². The van der Waals surface area contributed by atoms with E-state index in [9.17, 15) is 24.3 Å². The van der Waals surface area contributed by atoms with Gasteiger partial charge in [0.2, 0.25) is 5.91 Å². The summed E-state index contributed by atoms with van der Waals surface area (Å²) in [6, 6.07) is 16.3. The number of esters is 2. The molecule has 0 aliphatic carbocycles. The maximum atomic E-state index is 13.6. The molecule has 2 aromatic carbocycles. The summed E-state index contributed by atoms with van der Waals surface area (Å²) in [5, 5.41) is 12.4. The number of hydrogen-bond donors (Lipinski definition) is 2. The quantitative estimate of drug-likeness (QED) is 0.452. The SMILES string of the molecule is COC(=O)C(C(=O)OC)[C@H](C)[C@H](NC(=O)C(C)(c1ccccc1)c1ccccc1)C(=O)O. The number of ether oxygens (including phenoxy) is 2. The second-order valence-corrected chi connectivity index (χ2v) is 7.53. The van der Waals surface area contributed by atoms with Crippen LogP contribution in [0.3, 0.4) is 0 Å². The van der Waals surface area contributed by atoms with Gasteiger partial charge in [0.25, 0.3) is 0 Å². The number of amides is 1. The number of carbonyl (C=O) groups is 4. The number of carboxylic acid groups (broad SMARTS) is 1. The first-order valence-electron chi connectivity index (χ1n) is 9.98. The van der Waals surface area contributed by atoms with Crippen LogP contribution < -0.4 is 5.32 Å². The van der Waals surface area contributed by atoms with Crippen LogP contribution in [0.1, 0.15) is 25.0 Å². The van der Waals surface area contributed by atoms with Crippen molar-refractivity contribution >= 4 is 23.8 Å². The normalized spacial score (nSPS) is 13.0. The van der Waals surface area contributed by atoms with Crippen LogP contribution in [-0.2, 0) is 34.1 Å². The van der Waals surface area contributed by atoms with E-state index in [2.05, 4.69) is 14.8 Å². The largest absolute Gasteiger partial charge is 0.480 e. The van der Waals surface area contributed by atoms with E-state index < -0.39 is 47.1 Å². The number of hydrogen-bond acceptors (Lipinski definition) is 6. The molecule has 2 atom stereocenters. The van der Waals surface area contributed by atoms with Gasteiger partial charge in [-0.25, -0.2) is 4.79 Å². The van der Waals surface area contributed by atoms with Gasteiger partial charge in [-0.15, -0.1) is 0 Å². The lowest BCUT2D eigenvalue weighted by Crippen LogP contribution is -2.55. The summed E-state index contributed by atoms with van der Waals surface area (Å²) in [4.78, 5) is 50.0. The summed E-state index contributed by atoms with van der Waals surface area (Å²) in [6.45, 7) is 3.06.